The van der Waals surface area contributed by atoms with Crippen molar-refractivity contribution in [1.82, 2.24) is 5.43 Å². The largest absolute Gasteiger partial charge is 0.465 e. The molecule has 1 amide bonds. The van der Waals surface area contributed by atoms with Crippen LogP contribution in [0, 0.1) is 6.92 Å². The minimum absolute atomic E-state index is 0.276. The molecule has 0 saturated heterocycles. The van der Waals surface area contributed by atoms with Gasteiger partial charge in [-0.15, -0.1) is 0 Å². The Morgan fingerprint density at radius 2 is 1.59 bits per heavy atom. The molecule has 22 heavy (non-hydrogen) atoms. The van der Waals surface area contributed by atoms with Crippen LogP contribution in [0.2, 0.25) is 0 Å². The van der Waals surface area contributed by atoms with Gasteiger partial charge in [-0.25, -0.2) is 10.2 Å². The zero-order valence-electron chi connectivity index (χ0n) is 12.4. The average molecular weight is 296 g/mol. The summed E-state index contributed by atoms with van der Waals surface area (Å²) in [6.07, 6.45) is 1.51. The lowest BCUT2D eigenvalue weighted by atomic mass is 10.1. The zero-order chi connectivity index (χ0) is 15.9. The van der Waals surface area contributed by atoms with E-state index in [2.05, 4.69) is 15.3 Å². The Morgan fingerprint density at radius 3 is 2.18 bits per heavy atom. The molecular formula is C17H16N2O3. The van der Waals surface area contributed by atoms with Crippen molar-refractivity contribution >= 4 is 18.1 Å². The van der Waals surface area contributed by atoms with Crippen molar-refractivity contribution in [3.8, 4) is 0 Å². The van der Waals surface area contributed by atoms with Gasteiger partial charge in [-0.05, 0) is 36.8 Å². The Balaban J connectivity index is 1.96. The van der Waals surface area contributed by atoms with Gasteiger partial charge in [0, 0.05) is 5.56 Å². The van der Waals surface area contributed by atoms with Gasteiger partial charge in [0.1, 0.15) is 0 Å². The molecule has 0 spiro atoms. The van der Waals surface area contributed by atoms with Crippen molar-refractivity contribution in [1.29, 1.82) is 0 Å². The van der Waals surface area contributed by atoms with Gasteiger partial charge in [0.25, 0.3) is 5.91 Å². The molecule has 0 aliphatic carbocycles. The Morgan fingerprint density at radius 1 is 1.00 bits per heavy atom. The Labute approximate surface area is 128 Å². The molecule has 0 atom stereocenters. The van der Waals surface area contributed by atoms with Crippen molar-refractivity contribution in [2.24, 2.45) is 5.10 Å². The van der Waals surface area contributed by atoms with E-state index in [-0.39, 0.29) is 5.91 Å². The maximum absolute atomic E-state index is 11.8. The van der Waals surface area contributed by atoms with Crippen LogP contribution in [0.15, 0.2) is 53.6 Å². The van der Waals surface area contributed by atoms with Crippen molar-refractivity contribution in [3.05, 3.63) is 70.8 Å². The van der Waals surface area contributed by atoms with Crippen molar-refractivity contribution < 1.29 is 14.3 Å². The van der Waals surface area contributed by atoms with Gasteiger partial charge in [-0.2, -0.15) is 5.10 Å². The number of ether oxygens (including phenoxy) is 1. The molecule has 0 saturated carbocycles. The lowest BCUT2D eigenvalue weighted by Gasteiger charge is -2.01. The molecule has 5 nitrogen and oxygen atoms in total. The van der Waals surface area contributed by atoms with Crippen LogP contribution in [-0.2, 0) is 4.74 Å². The van der Waals surface area contributed by atoms with Crippen LogP contribution in [0.3, 0.4) is 0 Å². The first-order valence-corrected chi connectivity index (χ1v) is 6.68. The van der Waals surface area contributed by atoms with Crippen LogP contribution in [0.4, 0.5) is 0 Å². The van der Waals surface area contributed by atoms with E-state index < -0.39 is 5.97 Å². The van der Waals surface area contributed by atoms with Gasteiger partial charge in [0.2, 0.25) is 0 Å². The normalized spacial score (nSPS) is 10.5. The molecule has 1 N–H and O–H groups in total. The molecule has 0 bridgehead atoms. The Hall–Kier alpha value is -2.95. The fourth-order valence-electron chi connectivity index (χ4n) is 1.76. The molecule has 0 unspecified atom stereocenters. The third-order valence-electron chi connectivity index (χ3n) is 3.03. The highest BCUT2D eigenvalue weighted by Crippen LogP contribution is 2.04. The van der Waals surface area contributed by atoms with Gasteiger partial charge >= 0.3 is 5.97 Å². The van der Waals surface area contributed by atoms with E-state index in [0.717, 1.165) is 11.1 Å². The fraction of sp³-hybridized carbons (Fsp3) is 0.118. The lowest BCUT2D eigenvalue weighted by Crippen LogP contribution is -2.17. The average Bonchev–Trinajstić information content (AvgIpc) is 2.55. The van der Waals surface area contributed by atoms with Crippen LogP contribution >= 0.6 is 0 Å². The maximum Gasteiger partial charge on any atom is 0.337 e. The van der Waals surface area contributed by atoms with Crippen LogP contribution in [-0.4, -0.2) is 25.2 Å². The third-order valence-corrected chi connectivity index (χ3v) is 3.03. The van der Waals surface area contributed by atoms with E-state index in [4.69, 9.17) is 0 Å². The summed E-state index contributed by atoms with van der Waals surface area (Å²) in [4.78, 5) is 23.1. The first kappa shape index (κ1) is 15.4. The molecule has 2 aromatic carbocycles. The molecule has 0 heterocycles. The number of amides is 1. The predicted octanol–water partition coefficient (Wildman–Crippen LogP) is 2.55. The number of carbonyl (C=O) groups excluding carboxylic acids is 2. The number of hydrazone groups is 1. The van der Waals surface area contributed by atoms with Crippen LogP contribution in [0.25, 0.3) is 0 Å². The van der Waals surface area contributed by atoms with Gasteiger partial charge in [0.05, 0.1) is 18.9 Å². The minimum atomic E-state index is -0.392. The predicted molar refractivity (Wildman–Crippen MR) is 84.0 cm³/mol. The summed E-state index contributed by atoms with van der Waals surface area (Å²) in [5.41, 5.74) is 5.31. The number of hydrogen-bond donors (Lipinski definition) is 1. The molecule has 0 radical (unpaired) electrons. The van der Waals surface area contributed by atoms with E-state index in [1.54, 1.807) is 36.4 Å². The number of benzene rings is 2. The molecule has 0 aliphatic heterocycles. The molecule has 2 aromatic rings. The molecule has 5 heteroatoms. The highest BCUT2D eigenvalue weighted by atomic mass is 16.5. The highest BCUT2D eigenvalue weighted by Gasteiger charge is 2.04. The summed E-state index contributed by atoms with van der Waals surface area (Å²) in [6.45, 7) is 1.96. The summed E-state index contributed by atoms with van der Waals surface area (Å²) < 4.78 is 4.62. The van der Waals surface area contributed by atoms with Crippen LogP contribution < -0.4 is 5.43 Å². The van der Waals surface area contributed by atoms with E-state index >= 15 is 0 Å². The quantitative estimate of drug-likeness (QED) is 0.535. The summed E-state index contributed by atoms with van der Waals surface area (Å²) in [6, 6.07) is 13.9. The Kier molecular flexibility index (Phi) is 5.03. The molecule has 2 rings (SSSR count). The monoisotopic (exact) mass is 296 g/mol. The molecule has 0 aliphatic rings. The first-order chi connectivity index (χ1) is 10.6. The minimum Gasteiger partial charge on any atom is -0.465 e. The standard InChI is InChI=1S/C17H16N2O3/c1-12-3-7-14(8-4-12)16(20)19-18-11-13-5-9-15(10-6-13)17(21)22-2/h3-11H,1-2H3,(H,19,20)/b18-11-. The summed E-state index contributed by atoms with van der Waals surface area (Å²) in [5.74, 6) is -0.668. The van der Waals surface area contributed by atoms with Crippen molar-refractivity contribution in [2.75, 3.05) is 7.11 Å². The van der Waals surface area contributed by atoms with Crippen molar-refractivity contribution in [3.63, 3.8) is 0 Å². The fourth-order valence-corrected chi connectivity index (χ4v) is 1.76. The second kappa shape index (κ2) is 7.17. The second-order valence-electron chi connectivity index (χ2n) is 4.68. The molecule has 0 fully saturated rings. The number of rotatable bonds is 4. The number of aryl methyl sites for hydroxylation is 1. The van der Waals surface area contributed by atoms with E-state index in [0.29, 0.717) is 11.1 Å². The second-order valence-corrected chi connectivity index (χ2v) is 4.68. The topological polar surface area (TPSA) is 67.8 Å². The van der Waals surface area contributed by atoms with E-state index in [9.17, 15) is 9.59 Å². The maximum atomic E-state index is 11.8. The third kappa shape index (κ3) is 4.02. The highest BCUT2D eigenvalue weighted by molar-refractivity contribution is 5.95. The van der Waals surface area contributed by atoms with Gasteiger partial charge in [-0.1, -0.05) is 29.8 Å². The smallest absolute Gasteiger partial charge is 0.337 e. The zero-order valence-corrected chi connectivity index (χ0v) is 12.4. The Bertz CT molecular complexity index is 689. The molecular weight excluding hydrogens is 280 g/mol. The van der Waals surface area contributed by atoms with Crippen molar-refractivity contribution in [2.45, 2.75) is 6.92 Å². The van der Waals surface area contributed by atoms with Crippen LogP contribution in [0.1, 0.15) is 31.8 Å². The number of carbonyl (C=O) groups is 2. The number of nitrogens with one attached hydrogen (secondary N) is 1. The van der Waals surface area contributed by atoms with Gasteiger partial charge in [-0.3, -0.25) is 4.79 Å². The molecule has 0 aromatic heterocycles. The number of nitrogens with zero attached hydrogens (tertiary/aromatic N) is 1. The summed E-state index contributed by atoms with van der Waals surface area (Å²) in [7, 11) is 1.33. The first-order valence-electron chi connectivity index (χ1n) is 6.68. The number of esters is 1. The van der Waals surface area contributed by atoms with Gasteiger partial charge < -0.3 is 4.74 Å². The lowest BCUT2D eigenvalue weighted by molar-refractivity contribution is 0.0600. The van der Waals surface area contributed by atoms with E-state index in [1.807, 2.05) is 19.1 Å². The van der Waals surface area contributed by atoms with Crippen LogP contribution in [0.5, 0.6) is 0 Å². The summed E-state index contributed by atoms with van der Waals surface area (Å²) in [5, 5.41) is 3.89. The number of hydrogen-bond acceptors (Lipinski definition) is 4. The molecule has 112 valence electrons. The SMILES string of the molecule is COC(=O)c1ccc(/C=N\NC(=O)c2ccc(C)cc2)cc1. The summed E-state index contributed by atoms with van der Waals surface area (Å²) >= 11 is 0. The number of methoxy groups -OCH3 is 1. The van der Waals surface area contributed by atoms with E-state index in [1.165, 1.54) is 13.3 Å². The van der Waals surface area contributed by atoms with Gasteiger partial charge in [0.15, 0.2) is 0 Å².